The number of ether oxygens (including phenoxy) is 1. The van der Waals surface area contributed by atoms with E-state index in [1.54, 1.807) is 18.0 Å². The number of benzene rings is 1. The van der Waals surface area contributed by atoms with Crippen molar-refractivity contribution in [2.45, 2.75) is 20.0 Å². The predicted octanol–water partition coefficient (Wildman–Crippen LogP) is 1.02. The number of fused-ring (bicyclic) bond motifs is 2. The largest absolute Gasteiger partial charge is 0.497 e. The summed E-state index contributed by atoms with van der Waals surface area (Å²) in [5.41, 5.74) is 1.54. The standard InChI is InChI=1S/C17H17N5O3/c1-3-21-13(23)9-22-16(24)14-15(19-17(21)22)18-10-20(14)8-11-4-6-12(25-2)7-5-11/h4-7,10H,3,8-9H2,1-2H3. The Bertz CT molecular complexity index is 1020. The third kappa shape index (κ3) is 2.37. The topological polar surface area (TPSA) is 82.2 Å². The zero-order valence-corrected chi connectivity index (χ0v) is 14.0. The van der Waals surface area contributed by atoms with Crippen molar-refractivity contribution in [1.82, 2.24) is 19.1 Å². The molecule has 1 aromatic carbocycles. The molecule has 0 spiro atoms. The highest BCUT2D eigenvalue weighted by molar-refractivity contribution is 5.95. The molecule has 0 radical (unpaired) electrons. The van der Waals surface area contributed by atoms with Crippen molar-refractivity contribution < 1.29 is 9.53 Å². The number of likely N-dealkylation sites (N-methyl/N-ethyl adjacent to an activating group) is 1. The molecule has 4 rings (SSSR count). The van der Waals surface area contributed by atoms with Crippen LogP contribution in [0.4, 0.5) is 5.95 Å². The van der Waals surface area contributed by atoms with Gasteiger partial charge in [0, 0.05) is 13.1 Å². The number of nitrogens with zero attached hydrogens (tertiary/aromatic N) is 5. The number of amides is 1. The summed E-state index contributed by atoms with van der Waals surface area (Å²) in [5, 5.41) is 0. The molecule has 3 heterocycles. The van der Waals surface area contributed by atoms with Crippen molar-refractivity contribution in [3.8, 4) is 5.75 Å². The second-order valence-electron chi connectivity index (χ2n) is 5.83. The number of carbonyl (C=O) groups is 1. The molecule has 0 atom stereocenters. The van der Waals surface area contributed by atoms with E-state index in [9.17, 15) is 9.59 Å². The summed E-state index contributed by atoms with van der Waals surface area (Å²) in [4.78, 5) is 35.1. The lowest BCUT2D eigenvalue weighted by Crippen LogP contribution is -2.26. The van der Waals surface area contributed by atoms with E-state index in [4.69, 9.17) is 4.74 Å². The number of hydrogen-bond acceptors (Lipinski definition) is 5. The van der Waals surface area contributed by atoms with Crippen LogP contribution in [0.2, 0.25) is 0 Å². The zero-order valence-electron chi connectivity index (χ0n) is 14.0. The molecule has 25 heavy (non-hydrogen) atoms. The van der Waals surface area contributed by atoms with Crippen molar-refractivity contribution in [3.05, 3.63) is 46.5 Å². The molecule has 0 unspecified atom stereocenters. The average molecular weight is 339 g/mol. The highest BCUT2D eigenvalue weighted by atomic mass is 16.5. The highest BCUT2D eigenvalue weighted by Gasteiger charge is 2.30. The fourth-order valence-electron chi connectivity index (χ4n) is 3.09. The molecular formula is C17H17N5O3. The molecule has 0 N–H and O–H groups in total. The van der Waals surface area contributed by atoms with Gasteiger partial charge >= 0.3 is 0 Å². The number of imidazole rings is 1. The van der Waals surface area contributed by atoms with Gasteiger partial charge in [0.1, 0.15) is 12.3 Å². The van der Waals surface area contributed by atoms with E-state index < -0.39 is 0 Å². The van der Waals surface area contributed by atoms with Gasteiger partial charge in [-0.05, 0) is 24.6 Å². The molecule has 1 amide bonds. The Labute approximate surface area is 143 Å². The minimum absolute atomic E-state index is 0.0265. The molecule has 0 fully saturated rings. The molecule has 2 aromatic heterocycles. The number of methoxy groups -OCH3 is 1. The van der Waals surface area contributed by atoms with Gasteiger partial charge in [-0.2, -0.15) is 4.98 Å². The summed E-state index contributed by atoms with van der Waals surface area (Å²) in [6.07, 6.45) is 1.61. The lowest BCUT2D eigenvalue weighted by molar-refractivity contribution is -0.118. The number of anilines is 1. The molecule has 1 aliphatic heterocycles. The first-order valence-electron chi connectivity index (χ1n) is 8.01. The highest BCUT2D eigenvalue weighted by Crippen LogP contribution is 2.20. The monoisotopic (exact) mass is 339 g/mol. The summed E-state index contributed by atoms with van der Waals surface area (Å²) in [6.45, 7) is 2.84. The van der Waals surface area contributed by atoms with Gasteiger partial charge in [0.15, 0.2) is 11.2 Å². The van der Waals surface area contributed by atoms with Crippen molar-refractivity contribution in [2.75, 3.05) is 18.6 Å². The van der Waals surface area contributed by atoms with Crippen molar-refractivity contribution in [3.63, 3.8) is 0 Å². The maximum absolute atomic E-state index is 12.9. The second kappa shape index (κ2) is 5.73. The maximum atomic E-state index is 12.9. The van der Waals surface area contributed by atoms with Crippen LogP contribution in [0.25, 0.3) is 11.2 Å². The van der Waals surface area contributed by atoms with Gasteiger partial charge in [-0.15, -0.1) is 0 Å². The van der Waals surface area contributed by atoms with Crippen LogP contribution in [0.5, 0.6) is 5.75 Å². The SMILES string of the molecule is CCN1C(=O)Cn2c1nc1ncn(Cc3ccc(OC)cc3)c1c2=O. The molecule has 8 nitrogen and oxygen atoms in total. The van der Waals surface area contributed by atoms with Crippen LogP contribution in [0, 0.1) is 0 Å². The van der Waals surface area contributed by atoms with Gasteiger partial charge in [-0.1, -0.05) is 12.1 Å². The minimum Gasteiger partial charge on any atom is -0.497 e. The maximum Gasteiger partial charge on any atom is 0.281 e. The van der Waals surface area contributed by atoms with Crippen LogP contribution in [0.3, 0.4) is 0 Å². The number of carbonyl (C=O) groups excluding carboxylic acids is 1. The summed E-state index contributed by atoms with van der Waals surface area (Å²) < 4.78 is 8.34. The molecule has 1 aliphatic rings. The Morgan fingerprint density at radius 1 is 1.20 bits per heavy atom. The third-order valence-electron chi connectivity index (χ3n) is 4.38. The van der Waals surface area contributed by atoms with E-state index in [0.717, 1.165) is 11.3 Å². The summed E-state index contributed by atoms with van der Waals surface area (Å²) in [5.74, 6) is 1.03. The summed E-state index contributed by atoms with van der Waals surface area (Å²) >= 11 is 0. The Morgan fingerprint density at radius 3 is 2.64 bits per heavy atom. The van der Waals surface area contributed by atoms with Crippen molar-refractivity contribution in [2.24, 2.45) is 0 Å². The zero-order chi connectivity index (χ0) is 17.6. The molecular weight excluding hydrogens is 322 g/mol. The van der Waals surface area contributed by atoms with Crippen LogP contribution in [-0.2, 0) is 17.9 Å². The molecule has 0 bridgehead atoms. The summed E-state index contributed by atoms with van der Waals surface area (Å²) in [6, 6.07) is 7.61. The lowest BCUT2D eigenvalue weighted by Gasteiger charge is -2.12. The Balaban J connectivity index is 1.78. The number of aromatic nitrogens is 4. The Morgan fingerprint density at radius 2 is 1.96 bits per heavy atom. The van der Waals surface area contributed by atoms with E-state index in [-0.39, 0.29) is 18.0 Å². The molecule has 0 saturated carbocycles. The first kappa shape index (κ1) is 15.4. The van der Waals surface area contributed by atoms with E-state index in [2.05, 4.69) is 9.97 Å². The fourth-order valence-corrected chi connectivity index (χ4v) is 3.09. The van der Waals surface area contributed by atoms with E-state index in [1.807, 2.05) is 31.2 Å². The average Bonchev–Trinajstić information content (AvgIpc) is 3.16. The van der Waals surface area contributed by atoms with Crippen LogP contribution in [-0.4, -0.2) is 38.7 Å². The van der Waals surface area contributed by atoms with Gasteiger partial charge in [0.05, 0.1) is 13.4 Å². The van der Waals surface area contributed by atoms with Crippen LogP contribution >= 0.6 is 0 Å². The van der Waals surface area contributed by atoms with E-state index in [1.165, 1.54) is 9.47 Å². The smallest absolute Gasteiger partial charge is 0.281 e. The minimum atomic E-state index is -0.240. The van der Waals surface area contributed by atoms with Crippen LogP contribution < -0.4 is 15.2 Å². The molecule has 0 aliphatic carbocycles. The lowest BCUT2D eigenvalue weighted by atomic mass is 10.2. The fraction of sp³-hybridized carbons (Fsp3) is 0.294. The Hall–Kier alpha value is -3.16. The van der Waals surface area contributed by atoms with Crippen molar-refractivity contribution in [1.29, 1.82) is 0 Å². The number of rotatable bonds is 4. The quantitative estimate of drug-likeness (QED) is 0.709. The first-order valence-corrected chi connectivity index (χ1v) is 8.01. The molecule has 128 valence electrons. The van der Waals surface area contributed by atoms with Gasteiger partial charge < -0.3 is 9.30 Å². The van der Waals surface area contributed by atoms with Crippen molar-refractivity contribution >= 4 is 23.0 Å². The van der Waals surface area contributed by atoms with Crippen LogP contribution in [0.1, 0.15) is 12.5 Å². The number of hydrogen-bond donors (Lipinski definition) is 0. The van der Waals surface area contributed by atoms with Gasteiger partial charge in [0.25, 0.3) is 5.56 Å². The third-order valence-corrected chi connectivity index (χ3v) is 4.38. The van der Waals surface area contributed by atoms with Gasteiger partial charge in [-0.3, -0.25) is 19.1 Å². The van der Waals surface area contributed by atoms with E-state index in [0.29, 0.717) is 30.2 Å². The first-order chi connectivity index (χ1) is 12.1. The van der Waals surface area contributed by atoms with Gasteiger partial charge in [-0.25, -0.2) is 4.98 Å². The second-order valence-corrected chi connectivity index (χ2v) is 5.83. The molecule has 3 aromatic rings. The van der Waals surface area contributed by atoms with Gasteiger partial charge in [0.2, 0.25) is 11.9 Å². The van der Waals surface area contributed by atoms with Crippen LogP contribution in [0.15, 0.2) is 35.4 Å². The van der Waals surface area contributed by atoms with E-state index >= 15 is 0 Å². The Kier molecular flexibility index (Phi) is 3.52. The molecule has 8 heteroatoms. The predicted molar refractivity (Wildman–Crippen MR) is 91.9 cm³/mol. The summed E-state index contributed by atoms with van der Waals surface area (Å²) in [7, 11) is 1.62. The normalized spacial score (nSPS) is 13.5. The molecule has 0 saturated heterocycles.